The molecule has 200 valence electrons. The molecule has 5 aromatic carbocycles. The van der Waals surface area contributed by atoms with E-state index < -0.39 is 16.0 Å². The molecule has 40 heavy (non-hydrogen) atoms. The third kappa shape index (κ3) is 5.63. The quantitative estimate of drug-likeness (QED) is 0.183. The molecule has 0 amide bonds. The van der Waals surface area contributed by atoms with Crippen LogP contribution < -0.4 is 9.88 Å². The number of ketones is 1. The Balaban J connectivity index is 1.42. The highest BCUT2D eigenvalue weighted by Gasteiger charge is 2.19. The van der Waals surface area contributed by atoms with Crippen molar-refractivity contribution in [1.82, 2.24) is 0 Å². The maximum absolute atomic E-state index is 13.2. The number of Topliss-reactive ketones (excluding diaryl/α,β-unsaturated/α-hetero) is 1. The van der Waals surface area contributed by atoms with E-state index in [4.69, 9.17) is 14.6 Å². The van der Waals surface area contributed by atoms with Gasteiger partial charge in [-0.3, -0.25) is 4.79 Å². The van der Waals surface area contributed by atoms with Crippen LogP contribution in [0.15, 0.2) is 114 Å². The number of primary sulfonamides is 1. The predicted molar refractivity (Wildman–Crippen MR) is 153 cm³/mol. The zero-order valence-electron chi connectivity index (χ0n) is 21.5. The second-order valence-corrected chi connectivity index (χ2v) is 10.6. The van der Waals surface area contributed by atoms with Crippen molar-refractivity contribution in [3.8, 4) is 22.6 Å². The van der Waals surface area contributed by atoms with Crippen molar-refractivity contribution in [2.45, 2.75) is 11.3 Å². The summed E-state index contributed by atoms with van der Waals surface area (Å²) in [6.07, 6.45) is 0.0461. The summed E-state index contributed by atoms with van der Waals surface area (Å²) in [5, 5.41) is 7.13. The first-order valence-electron chi connectivity index (χ1n) is 12.4. The molecule has 0 aliphatic carbocycles. The fourth-order valence-electron chi connectivity index (χ4n) is 4.51. The van der Waals surface area contributed by atoms with E-state index in [1.165, 1.54) is 13.2 Å². The third-order valence-electron chi connectivity index (χ3n) is 6.51. The van der Waals surface area contributed by atoms with Crippen LogP contribution in [0.1, 0.15) is 26.3 Å². The Hall–Kier alpha value is -4.79. The number of benzene rings is 5. The zero-order chi connectivity index (χ0) is 28.3. The van der Waals surface area contributed by atoms with E-state index in [0.717, 1.165) is 10.8 Å². The maximum atomic E-state index is 13.2. The number of nitrogens with two attached hydrogens (primary N) is 1. The van der Waals surface area contributed by atoms with Crippen molar-refractivity contribution in [2.24, 2.45) is 5.14 Å². The van der Waals surface area contributed by atoms with Crippen LogP contribution in [0.4, 0.5) is 0 Å². The number of methoxy groups -OCH3 is 1. The van der Waals surface area contributed by atoms with Gasteiger partial charge in [0, 0.05) is 23.1 Å². The summed E-state index contributed by atoms with van der Waals surface area (Å²) < 4.78 is 35.2. The van der Waals surface area contributed by atoms with Crippen LogP contribution >= 0.6 is 0 Å². The molecule has 0 saturated carbocycles. The lowest BCUT2D eigenvalue weighted by Gasteiger charge is -2.14. The summed E-state index contributed by atoms with van der Waals surface area (Å²) >= 11 is 0. The predicted octanol–water partition coefficient (Wildman–Crippen LogP) is 6.16. The largest absolute Gasteiger partial charge is 0.465 e. The molecule has 0 aromatic heterocycles. The molecule has 0 bridgehead atoms. The third-order valence-corrected chi connectivity index (χ3v) is 7.48. The van der Waals surface area contributed by atoms with Gasteiger partial charge in [0.25, 0.3) is 0 Å². The molecule has 2 N–H and O–H groups in total. The SMILES string of the molecule is COC(=O)c1cc2ccccc2cc1Oc1ccccc1CC(=O)c1ccc(-c2ccccc2S(N)(=O)=O)cc1. The van der Waals surface area contributed by atoms with E-state index >= 15 is 0 Å². The zero-order valence-corrected chi connectivity index (χ0v) is 22.4. The topological polar surface area (TPSA) is 113 Å². The number of esters is 1. The summed E-state index contributed by atoms with van der Waals surface area (Å²) in [5.41, 5.74) is 2.45. The number of carbonyl (C=O) groups is 2. The first-order chi connectivity index (χ1) is 19.2. The maximum Gasteiger partial charge on any atom is 0.341 e. The van der Waals surface area contributed by atoms with Gasteiger partial charge in [-0.1, -0.05) is 84.9 Å². The number of fused-ring (bicyclic) bond motifs is 1. The molecule has 0 aliphatic heterocycles. The van der Waals surface area contributed by atoms with Crippen LogP contribution in [0.5, 0.6) is 11.5 Å². The Labute approximate surface area is 231 Å². The van der Waals surface area contributed by atoms with Gasteiger partial charge in [-0.2, -0.15) is 0 Å². The van der Waals surface area contributed by atoms with Gasteiger partial charge in [0.15, 0.2) is 5.78 Å². The molecule has 5 aromatic rings. The first-order valence-corrected chi connectivity index (χ1v) is 13.9. The average Bonchev–Trinajstić information content (AvgIpc) is 2.97. The number of ether oxygens (including phenoxy) is 2. The van der Waals surface area contributed by atoms with Crippen molar-refractivity contribution in [1.29, 1.82) is 0 Å². The normalized spacial score (nSPS) is 11.2. The van der Waals surface area contributed by atoms with Crippen molar-refractivity contribution >= 4 is 32.5 Å². The second-order valence-electron chi connectivity index (χ2n) is 9.12. The average molecular weight is 552 g/mol. The minimum atomic E-state index is -3.91. The molecule has 0 aliphatic rings. The van der Waals surface area contributed by atoms with E-state index in [9.17, 15) is 18.0 Å². The van der Waals surface area contributed by atoms with Crippen LogP contribution in [-0.2, 0) is 21.2 Å². The number of carbonyl (C=O) groups excluding carboxylic acids is 2. The van der Waals surface area contributed by atoms with Gasteiger partial charge in [-0.25, -0.2) is 18.4 Å². The van der Waals surface area contributed by atoms with E-state index in [0.29, 0.717) is 33.8 Å². The molecule has 0 radical (unpaired) electrons. The highest BCUT2D eigenvalue weighted by atomic mass is 32.2. The van der Waals surface area contributed by atoms with Crippen LogP contribution in [0.3, 0.4) is 0 Å². The Bertz CT molecular complexity index is 1850. The number of hydrogen-bond acceptors (Lipinski definition) is 6. The summed E-state index contributed by atoms with van der Waals surface area (Å²) in [4.78, 5) is 25.8. The van der Waals surface area contributed by atoms with Crippen molar-refractivity contribution in [2.75, 3.05) is 7.11 Å². The molecule has 8 heteroatoms. The van der Waals surface area contributed by atoms with Crippen LogP contribution in [0.2, 0.25) is 0 Å². The molecule has 5 rings (SSSR count). The lowest BCUT2D eigenvalue weighted by Crippen LogP contribution is -2.13. The fraction of sp³-hybridized carbons (Fsp3) is 0.0625. The van der Waals surface area contributed by atoms with Gasteiger partial charge < -0.3 is 9.47 Å². The Morgan fingerprint density at radius 1 is 0.750 bits per heavy atom. The highest BCUT2D eigenvalue weighted by molar-refractivity contribution is 7.89. The highest BCUT2D eigenvalue weighted by Crippen LogP contribution is 2.33. The lowest BCUT2D eigenvalue weighted by atomic mass is 9.99. The van der Waals surface area contributed by atoms with Crippen molar-refractivity contribution < 1.29 is 27.5 Å². The van der Waals surface area contributed by atoms with Crippen LogP contribution in [-0.4, -0.2) is 27.3 Å². The monoisotopic (exact) mass is 551 g/mol. The van der Waals surface area contributed by atoms with E-state index in [-0.39, 0.29) is 22.7 Å². The smallest absolute Gasteiger partial charge is 0.341 e. The number of rotatable bonds is 8. The minimum absolute atomic E-state index is 0.0140. The standard InChI is InChI=1S/C32H25NO6S/c1-38-32(35)27-18-23-8-2-3-9-24(23)20-30(27)39-29-12-6-4-10-25(29)19-28(34)22-16-14-21(15-17-22)26-11-5-7-13-31(26)40(33,36)37/h2-18,20H,19H2,1H3,(H2,33,36,37). The van der Waals surface area contributed by atoms with Crippen LogP contribution in [0.25, 0.3) is 21.9 Å². The van der Waals surface area contributed by atoms with E-state index in [1.807, 2.05) is 30.3 Å². The molecule has 7 nitrogen and oxygen atoms in total. The summed E-state index contributed by atoms with van der Waals surface area (Å²) in [5.74, 6) is 0.0748. The molecule has 0 fully saturated rings. The van der Waals surface area contributed by atoms with Crippen LogP contribution in [0, 0.1) is 0 Å². The Kier molecular flexibility index (Phi) is 7.46. The minimum Gasteiger partial charge on any atom is -0.465 e. The van der Waals surface area contributed by atoms with Crippen molar-refractivity contribution in [3.05, 3.63) is 126 Å². The van der Waals surface area contributed by atoms with Gasteiger partial charge in [-0.15, -0.1) is 0 Å². The van der Waals surface area contributed by atoms with E-state index in [2.05, 4.69) is 0 Å². The number of hydrogen-bond donors (Lipinski definition) is 1. The molecule has 0 unspecified atom stereocenters. The molecular formula is C32H25NO6S. The molecule has 0 heterocycles. The number of sulfonamides is 1. The molecular weight excluding hydrogens is 526 g/mol. The number of para-hydroxylation sites is 1. The Morgan fingerprint density at radius 3 is 2.08 bits per heavy atom. The van der Waals surface area contributed by atoms with Gasteiger partial charge in [0.05, 0.1) is 12.0 Å². The summed E-state index contributed by atoms with van der Waals surface area (Å²) in [7, 11) is -2.60. The second kappa shape index (κ2) is 11.1. The van der Waals surface area contributed by atoms with Crippen molar-refractivity contribution in [3.63, 3.8) is 0 Å². The van der Waals surface area contributed by atoms with Gasteiger partial charge in [-0.05, 0) is 40.6 Å². The summed E-state index contributed by atoms with van der Waals surface area (Å²) in [6, 6.07) is 31.4. The van der Waals surface area contributed by atoms with Gasteiger partial charge in [0.2, 0.25) is 10.0 Å². The fourth-order valence-corrected chi connectivity index (χ4v) is 5.27. The lowest BCUT2D eigenvalue weighted by molar-refractivity contribution is 0.0598. The first kappa shape index (κ1) is 26.8. The molecule has 0 atom stereocenters. The summed E-state index contributed by atoms with van der Waals surface area (Å²) in [6.45, 7) is 0. The Morgan fingerprint density at radius 2 is 1.38 bits per heavy atom. The van der Waals surface area contributed by atoms with Gasteiger partial charge in [0.1, 0.15) is 17.1 Å². The molecule has 0 saturated heterocycles. The molecule has 0 spiro atoms. The van der Waals surface area contributed by atoms with Gasteiger partial charge >= 0.3 is 5.97 Å². The van der Waals surface area contributed by atoms with E-state index in [1.54, 1.807) is 72.8 Å².